The third-order valence-electron chi connectivity index (χ3n) is 3.82. The van der Waals surface area contributed by atoms with Gasteiger partial charge in [-0.2, -0.15) is 11.8 Å². The van der Waals surface area contributed by atoms with Crippen molar-refractivity contribution in [2.24, 2.45) is 0 Å². The molecule has 5 heteroatoms. The summed E-state index contributed by atoms with van der Waals surface area (Å²) in [6.07, 6.45) is 0. The molecule has 1 unspecified atom stereocenters. The molecule has 1 saturated heterocycles. The van der Waals surface area contributed by atoms with Crippen LogP contribution in [0.1, 0.15) is 18.2 Å². The molecule has 1 fully saturated rings. The number of thiazole rings is 1. The van der Waals surface area contributed by atoms with Gasteiger partial charge in [-0.3, -0.25) is 4.90 Å². The van der Waals surface area contributed by atoms with Crippen LogP contribution in [0.2, 0.25) is 0 Å². The number of hydrogen-bond acceptors (Lipinski definition) is 4. The number of nitrogens with zero attached hydrogens (tertiary/aromatic N) is 2. The smallest absolute Gasteiger partial charge is 0.123 e. The van der Waals surface area contributed by atoms with Crippen LogP contribution in [0.5, 0.6) is 0 Å². The van der Waals surface area contributed by atoms with Crippen LogP contribution in [-0.4, -0.2) is 34.0 Å². The summed E-state index contributed by atoms with van der Waals surface area (Å²) in [7, 11) is 0. The summed E-state index contributed by atoms with van der Waals surface area (Å²) in [4.78, 5) is 7.21. The fourth-order valence-corrected chi connectivity index (χ4v) is 4.76. The Morgan fingerprint density at radius 2 is 2.24 bits per heavy atom. The van der Waals surface area contributed by atoms with Gasteiger partial charge in [0.2, 0.25) is 0 Å². The topological polar surface area (TPSA) is 16.1 Å². The molecule has 1 aromatic heterocycles. The molecule has 0 spiro atoms. The third kappa shape index (κ3) is 3.62. The molecule has 1 aliphatic rings. The van der Waals surface area contributed by atoms with E-state index in [1.807, 2.05) is 0 Å². The first-order chi connectivity index (χ1) is 10.3. The summed E-state index contributed by atoms with van der Waals surface area (Å²) in [5, 5.41) is 3.14. The lowest BCUT2D eigenvalue weighted by molar-refractivity contribution is 0.224. The predicted molar refractivity (Wildman–Crippen MR) is 94.3 cm³/mol. The summed E-state index contributed by atoms with van der Waals surface area (Å²) in [6.45, 7) is 4.50. The molecular formula is C16H19ClN2S2. The van der Waals surface area contributed by atoms with Gasteiger partial charge in [-0.1, -0.05) is 24.3 Å². The zero-order chi connectivity index (χ0) is 14.7. The minimum Gasteiger partial charge on any atom is -0.295 e. The van der Waals surface area contributed by atoms with Crippen molar-refractivity contribution in [2.75, 3.05) is 18.1 Å². The Bertz CT molecular complexity index is 599. The average molecular weight is 339 g/mol. The Hall–Kier alpha value is -0.550. The van der Waals surface area contributed by atoms with E-state index in [1.54, 1.807) is 11.3 Å². The van der Waals surface area contributed by atoms with Crippen LogP contribution in [0.15, 0.2) is 29.6 Å². The fourth-order valence-electron chi connectivity index (χ4n) is 2.57. The van der Waals surface area contributed by atoms with Crippen LogP contribution in [0.4, 0.5) is 0 Å². The highest BCUT2D eigenvalue weighted by molar-refractivity contribution is 7.99. The van der Waals surface area contributed by atoms with Gasteiger partial charge >= 0.3 is 0 Å². The lowest BCUT2D eigenvalue weighted by Crippen LogP contribution is -2.39. The molecule has 1 aromatic carbocycles. The maximum atomic E-state index is 5.88. The molecule has 21 heavy (non-hydrogen) atoms. The van der Waals surface area contributed by atoms with E-state index in [1.165, 1.54) is 29.2 Å². The monoisotopic (exact) mass is 338 g/mol. The average Bonchev–Trinajstić information content (AvgIpc) is 2.99. The number of hydrogen-bond donors (Lipinski definition) is 0. The van der Waals surface area contributed by atoms with E-state index in [0.29, 0.717) is 11.9 Å². The highest BCUT2D eigenvalue weighted by Gasteiger charge is 2.20. The summed E-state index contributed by atoms with van der Waals surface area (Å²) in [5.41, 5.74) is 3.59. The largest absolute Gasteiger partial charge is 0.295 e. The van der Waals surface area contributed by atoms with Gasteiger partial charge in [0, 0.05) is 41.6 Å². The molecule has 112 valence electrons. The van der Waals surface area contributed by atoms with E-state index in [2.05, 4.69) is 58.2 Å². The molecule has 1 atom stereocenters. The van der Waals surface area contributed by atoms with Gasteiger partial charge in [-0.05, 0) is 12.5 Å². The third-order valence-corrected chi connectivity index (χ3v) is 6.20. The molecule has 2 aromatic rings. The van der Waals surface area contributed by atoms with E-state index < -0.39 is 0 Å². The lowest BCUT2D eigenvalue weighted by Gasteiger charge is -2.33. The molecule has 0 saturated carbocycles. The minimum absolute atomic E-state index is 0.485. The zero-order valence-corrected chi connectivity index (χ0v) is 14.5. The fraction of sp³-hybridized carbons (Fsp3) is 0.438. The van der Waals surface area contributed by atoms with Crippen LogP contribution in [-0.2, 0) is 12.4 Å². The van der Waals surface area contributed by atoms with Crippen molar-refractivity contribution in [3.63, 3.8) is 0 Å². The van der Waals surface area contributed by atoms with Crippen LogP contribution in [0, 0.1) is 0 Å². The van der Waals surface area contributed by atoms with Crippen molar-refractivity contribution in [3.8, 4) is 10.6 Å². The molecule has 0 bridgehead atoms. The number of halogens is 1. The van der Waals surface area contributed by atoms with Crippen molar-refractivity contribution in [3.05, 3.63) is 40.9 Å². The van der Waals surface area contributed by atoms with Gasteiger partial charge < -0.3 is 0 Å². The Morgan fingerprint density at radius 1 is 1.38 bits per heavy atom. The van der Waals surface area contributed by atoms with Gasteiger partial charge in [-0.15, -0.1) is 22.9 Å². The number of thioether (sulfide) groups is 1. The Labute approximate surface area is 139 Å². The first kappa shape index (κ1) is 15.3. The van der Waals surface area contributed by atoms with Gasteiger partial charge in [-0.25, -0.2) is 4.98 Å². The predicted octanol–water partition coefficient (Wildman–Crippen LogP) is 4.49. The lowest BCUT2D eigenvalue weighted by atomic mass is 10.1. The molecular weight excluding hydrogens is 320 g/mol. The van der Waals surface area contributed by atoms with Crippen molar-refractivity contribution < 1.29 is 0 Å². The SMILES string of the molecule is CC1CSCCN1Cc1ccccc1-c1nc(CCl)cs1. The van der Waals surface area contributed by atoms with Crippen LogP contribution in [0.25, 0.3) is 10.6 Å². The number of alkyl halides is 1. The molecule has 0 amide bonds. The van der Waals surface area contributed by atoms with Crippen LogP contribution >= 0.6 is 34.7 Å². The normalized spacial score (nSPS) is 19.8. The van der Waals surface area contributed by atoms with Crippen molar-refractivity contribution in [2.45, 2.75) is 25.4 Å². The van der Waals surface area contributed by atoms with Crippen LogP contribution in [0.3, 0.4) is 0 Å². The molecule has 2 nitrogen and oxygen atoms in total. The van der Waals surface area contributed by atoms with E-state index in [4.69, 9.17) is 11.6 Å². The van der Waals surface area contributed by atoms with Gasteiger partial charge in [0.1, 0.15) is 5.01 Å². The minimum atomic E-state index is 0.485. The maximum Gasteiger partial charge on any atom is 0.123 e. The van der Waals surface area contributed by atoms with Gasteiger partial charge in [0.05, 0.1) is 11.6 Å². The Kier molecular flexibility index (Phi) is 5.22. The highest BCUT2D eigenvalue weighted by atomic mass is 35.5. The van der Waals surface area contributed by atoms with E-state index >= 15 is 0 Å². The number of aromatic nitrogens is 1. The van der Waals surface area contributed by atoms with E-state index in [9.17, 15) is 0 Å². The summed E-state index contributed by atoms with van der Waals surface area (Å²) < 4.78 is 0. The molecule has 0 aliphatic carbocycles. The van der Waals surface area contributed by atoms with Gasteiger partial charge in [0.25, 0.3) is 0 Å². The highest BCUT2D eigenvalue weighted by Crippen LogP contribution is 2.29. The van der Waals surface area contributed by atoms with E-state index in [-0.39, 0.29) is 0 Å². The molecule has 2 heterocycles. The Morgan fingerprint density at radius 3 is 3.00 bits per heavy atom. The summed E-state index contributed by atoms with van der Waals surface area (Å²) >= 11 is 9.62. The maximum absolute atomic E-state index is 5.88. The van der Waals surface area contributed by atoms with Gasteiger partial charge in [0.15, 0.2) is 0 Å². The second-order valence-corrected chi connectivity index (χ2v) is 7.60. The molecule has 0 N–H and O–H groups in total. The molecule has 1 aliphatic heterocycles. The first-order valence-electron chi connectivity index (χ1n) is 7.18. The number of rotatable bonds is 4. The van der Waals surface area contributed by atoms with Crippen molar-refractivity contribution >= 4 is 34.7 Å². The quantitative estimate of drug-likeness (QED) is 0.764. The summed E-state index contributed by atoms with van der Waals surface area (Å²) in [6, 6.07) is 9.27. The standard InChI is InChI=1S/C16H19ClN2S2/c1-12-10-20-7-6-19(12)9-13-4-2-3-5-15(13)16-18-14(8-17)11-21-16/h2-5,11-12H,6-10H2,1H3. The molecule has 3 rings (SSSR count). The number of benzene rings is 1. The first-order valence-corrected chi connectivity index (χ1v) is 9.75. The second kappa shape index (κ2) is 7.14. The summed E-state index contributed by atoms with van der Waals surface area (Å²) in [5.74, 6) is 2.95. The molecule has 0 radical (unpaired) electrons. The van der Waals surface area contributed by atoms with Crippen molar-refractivity contribution in [1.29, 1.82) is 0 Å². The second-order valence-electron chi connectivity index (χ2n) is 5.33. The van der Waals surface area contributed by atoms with E-state index in [0.717, 1.165) is 17.2 Å². The van der Waals surface area contributed by atoms with Crippen LogP contribution < -0.4 is 0 Å². The Balaban J connectivity index is 1.85. The van der Waals surface area contributed by atoms with Crippen molar-refractivity contribution in [1.82, 2.24) is 9.88 Å². The zero-order valence-electron chi connectivity index (χ0n) is 12.1.